The third-order valence-corrected chi connectivity index (χ3v) is 17.3. The van der Waals surface area contributed by atoms with Gasteiger partial charge < -0.3 is 33.3 Å². The highest BCUT2D eigenvalue weighted by atomic mass is 16.7. The van der Waals surface area contributed by atoms with Crippen LogP contribution in [0.2, 0.25) is 0 Å². The molecule has 0 heterocycles. The third-order valence-electron chi connectivity index (χ3n) is 17.3. The first kappa shape index (κ1) is 89.2. The summed E-state index contributed by atoms with van der Waals surface area (Å²) in [4.78, 5) is 37.6. The van der Waals surface area contributed by atoms with Crippen molar-refractivity contribution < 1.29 is 42.9 Å². The average molecular weight is 1300 g/mol. The summed E-state index contributed by atoms with van der Waals surface area (Å²) in [5, 5.41) is 11.9. The van der Waals surface area contributed by atoms with Crippen LogP contribution in [0.1, 0.15) is 361 Å². The van der Waals surface area contributed by atoms with E-state index in [1.807, 2.05) is 21.1 Å². The number of quaternary nitrogens is 1. The van der Waals surface area contributed by atoms with E-state index in [0.29, 0.717) is 23.9 Å². The molecule has 0 aromatic rings. The van der Waals surface area contributed by atoms with Gasteiger partial charge in [0.1, 0.15) is 13.2 Å². The molecule has 0 saturated heterocycles. The Morgan fingerprint density at radius 2 is 0.613 bits per heavy atom. The molecule has 0 aliphatic carbocycles. The van der Waals surface area contributed by atoms with Gasteiger partial charge in [0.05, 0.1) is 40.3 Å². The molecule has 0 radical (unpaired) electrons. The van der Waals surface area contributed by atoms with Crippen molar-refractivity contribution in [2.75, 3.05) is 47.5 Å². The van der Waals surface area contributed by atoms with Gasteiger partial charge >= 0.3 is 11.9 Å². The molecule has 0 rings (SSSR count). The second-order valence-electron chi connectivity index (χ2n) is 27.6. The van der Waals surface area contributed by atoms with E-state index in [9.17, 15) is 19.5 Å². The summed E-state index contributed by atoms with van der Waals surface area (Å²) in [7, 11) is 5.94. The van der Waals surface area contributed by atoms with Gasteiger partial charge in [0.2, 0.25) is 0 Å². The summed E-state index contributed by atoms with van der Waals surface area (Å²) in [6, 6.07) is 0. The Morgan fingerprint density at radius 3 is 0.914 bits per heavy atom. The third kappa shape index (κ3) is 75.5. The van der Waals surface area contributed by atoms with Crippen molar-refractivity contribution in [3.63, 3.8) is 0 Å². The van der Waals surface area contributed by atoms with Crippen LogP contribution in [0.25, 0.3) is 0 Å². The number of carboxylic acid groups (broad SMARTS) is 1. The molecule has 0 aromatic carbocycles. The number of ether oxygens (including phenoxy) is 4. The van der Waals surface area contributed by atoms with Crippen molar-refractivity contribution in [3.8, 4) is 0 Å². The van der Waals surface area contributed by atoms with Gasteiger partial charge in [0.25, 0.3) is 0 Å². The number of carbonyl (C=O) groups is 3. The lowest BCUT2D eigenvalue weighted by Gasteiger charge is -2.26. The van der Waals surface area contributed by atoms with Crippen molar-refractivity contribution >= 4 is 17.9 Å². The summed E-state index contributed by atoms with van der Waals surface area (Å²) in [5.41, 5.74) is 0. The number of unbranched alkanes of at least 4 members (excludes halogenated alkanes) is 42. The van der Waals surface area contributed by atoms with Crippen LogP contribution >= 0.6 is 0 Å². The normalized spacial score (nSPS) is 13.2. The van der Waals surface area contributed by atoms with Crippen LogP contribution in [0.4, 0.5) is 0 Å². The van der Waals surface area contributed by atoms with Crippen LogP contribution in [0.3, 0.4) is 0 Å². The van der Waals surface area contributed by atoms with E-state index >= 15 is 0 Å². The number of allylic oxidation sites excluding steroid dienone is 16. The Kier molecular flexibility index (Phi) is 71.0. The maximum absolute atomic E-state index is 13.0. The van der Waals surface area contributed by atoms with Gasteiger partial charge in [-0.2, -0.15) is 0 Å². The monoisotopic (exact) mass is 1300 g/mol. The predicted octanol–water partition coefficient (Wildman–Crippen LogP) is 23.8. The Morgan fingerprint density at radius 1 is 0.333 bits per heavy atom. The summed E-state index contributed by atoms with van der Waals surface area (Å²) in [6.45, 7) is 4.67. The van der Waals surface area contributed by atoms with Gasteiger partial charge in [0, 0.05) is 12.8 Å². The first-order chi connectivity index (χ1) is 45.6. The van der Waals surface area contributed by atoms with Crippen LogP contribution in [0.15, 0.2) is 97.2 Å². The lowest BCUT2D eigenvalue weighted by Crippen LogP contribution is -2.44. The molecule has 0 aliphatic rings. The van der Waals surface area contributed by atoms with Gasteiger partial charge in [-0.25, -0.2) is 0 Å². The molecular formula is C84H149NO8. The number of hydrogen-bond acceptors (Lipinski definition) is 8. The highest BCUT2D eigenvalue weighted by Crippen LogP contribution is 2.19. The number of hydrogen-bond donors (Lipinski definition) is 0. The number of carbonyl (C=O) groups excluding carboxylic acids is 3. The van der Waals surface area contributed by atoms with E-state index in [0.717, 1.165) is 77.0 Å². The van der Waals surface area contributed by atoms with Crippen molar-refractivity contribution in [2.24, 2.45) is 0 Å². The zero-order valence-corrected chi connectivity index (χ0v) is 61.6. The quantitative estimate of drug-likeness (QED) is 0.0195. The Hall–Kier alpha value is -3.79. The largest absolute Gasteiger partial charge is 0.545 e. The molecule has 0 N–H and O–H groups in total. The second-order valence-corrected chi connectivity index (χ2v) is 27.6. The van der Waals surface area contributed by atoms with E-state index < -0.39 is 24.3 Å². The first-order valence-electron chi connectivity index (χ1n) is 39.4. The van der Waals surface area contributed by atoms with E-state index in [-0.39, 0.29) is 32.2 Å². The number of esters is 2. The number of aliphatic carboxylic acids is 1. The highest BCUT2D eigenvalue weighted by Gasteiger charge is 2.22. The van der Waals surface area contributed by atoms with E-state index in [4.69, 9.17) is 18.9 Å². The van der Waals surface area contributed by atoms with Crippen LogP contribution < -0.4 is 5.11 Å². The molecule has 0 spiro atoms. The summed E-state index contributed by atoms with van der Waals surface area (Å²) in [6.07, 6.45) is 99.5. The molecular weight excluding hydrogens is 1150 g/mol. The Labute approximate surface area is 575 Å². The highest BCUT2D eigenvalue weighted by molar-refractivity contribution is 5.70. The zero-order valence-electron chi connectivity index (χ0n) is 61.6. The molecule has 2 atom stereocenters. The predicted molar refractivity (Wildman–Crippen MR) is 398 cm³/mol. The van der Waals surface area contributed by atoms with Crippen molar-refractivity contribution in [2.45, 2.75) is 373 Å². The molecule has 9 nitrogen and oxygen atoms in total. The zero-order chi connectivity index (χ0) is 67.5. The van der Waals surface area contributed by atoms with Crippen molar-refractivity contribution in [3.05, 3.63) is 97.2 Å². The van der Waals surface area contributed by atoms with Crippen molar-refractivity contribution in [1.82, 2.24) is 0 Å². The first-order valence-corrected chi connectivity index (χ1v) is 39.4. The lowest BCUT2D eigenvalue weighted by molar-refractivity contribution is -0.870. The van der Waals surface area contributed by atoms with Crippen molar-refractivity contribution in [1.29, 1.82) is 0 Å². The average Bonchev–Trinajstić information content (AvgIpc) is 3.38. The number of rotatable bonds is 73. The second kappa shape index (κ2) is 74.0. The number of nitrogens with zero attached hydrogens (tertiary/aromatic N) is 1. The lowest BCUT2D eigenvalue weighted by atomic mass is 10.0. The standard InChI is InChI=1S/C84H149NO8/c1-6-8-10-12-14-16-18-20-22-24-26-28-30-32-34-36-37-38-39-40-41-42-43-44-45-47-49-51-53-55-57-59-61-63-65-67-69-71-73-75-82(87)93-80(79-92-84(83(88)89)90-77-76-85(3,4)5)78-91-81(86)74-72-70-68-66-64-62-60-58-56-54-52-50-48-46-35-33-31-29-27-25-23-21-19-17-15-13-11-9-7-2/h8,10,14,16,19-22,25-28,32,34,37-38,80,84H,6-7,9,11-13,15,17-18,23-24,29-31,33,35-36,39-79H2,1-5H3/b10-8-,16-14-,21-19-,22-20-,27-25-,28-26-,34-32-,38-37-. The van der Waals surface area contributed by atoms with Gasteiger partial charge in [-0.15, -0.1) is 0 Å². The van der Waals surface area contributed by atoms with Gasteiger partial charge in [-0.1, -0.05) is 349 Å². The van der Waals surface area contributed by atoms with Gasteiger partial charge in [0.15, 0.2) is 12.4 Å². The van der Waals surface area contributed by atoms with Gasteiger partial charge in [-0.05, 0) is 96.3 Å². The van der Waals surface area contributed by atoms with E-state index in [2.05, 4.69) is 111 Å². The van der Waals surface area contributed by atoms with E-state index in [1.54, 1.807) is 0 Å². The molecule has 0 fully saturated rings. The van der Waals surface area contributed by atoms with Crippen LogP contribution in [0, 0.1) is 0 Å². The molecule has 0 amide bonds. The van der Waals surface area contributed by atoms with Crippen LogP contribution in [0.5, 0.6) is 0 Å². The summed E-state index contributed by atoms with van der Waals surface area (Å²) < 4.78 is 22.9. The maximum Gasteiger partial charge on any atom is 0.306 e. The molecule has 0 saturated carbocycles. The number of likely N-dealkylation sites (N-methyl/N-ethyl adjacent to an activating group) is 1. The minimum Gasteiger partial charge on any atom is -0.545 e. The topological polar surface area (TPSA) is 111 Å². The minimum atomic E-state index is -1.62. The molecule has 0 bridgehead atoms. The molecule has 538 valence electrons. The Bertz CT molecular complexity index is 1850. The molecule has 0 aliphatic heterocycles. The smallest absolute Gasteiger partial charge is 0.306 e. The summed E-state index contributed by atoms with van der Waals surface area (Å²) in [5.74, 6) is -2.26. The minimum absolute atomic E-state index is 0.148. The maximum atomic E-state index is 13.0. The molecule has 9 heteroatoms. The van der Waals surface area contributed by atoms with Gasteiger partial charge in [-0.3, -0.25) is 9.59 Å². The fraction of sp³-hybridized carbons (Fsp3) is 0.774. The van der Waals surface area contributed by atoms with Crippen LogP contribution in [-0.2, 0) is 33.3 Å². The fourth-order valence-corrected chi connectivity index (χ4v) is 11.3. The Balaban J connectivity index is 4.01. The van der Waals surface area contributed by atoms with E-state index in [1.165, 1.54) is 250 Å². The summed E-state index contributed by atoms with van der Waals surface area (Å²) >= 11 is 0. The molecule has 0 aromatic heterocycles. The molecule has 2 unspecified atom stereocenters. The molecule has 93 heavy (non-hydrogen) atoms. The van der Waals surface area contributed by atoms with Crippen LogP contribution in [-0.4, -0.2) is 82.3 Å². The number of carboxylic acids is 1. The fourth-order valence-electron chi connectivity index (χ4n) is 11.3. The SMILES string of the molecule is CC/C=C\C/C=C\C/C=C\C/C=C\C/C=C\C/C=C\CCCCCCCCCCCCCCCCCCCCCCC(=O)OC(COC(=O)CCCCCCCCCCCCCCCCCCC/C=C\C/C=C\CCCCCCC)COC(OCC[N+](C)(C)C)C(=O)[O-].